The number of rotatable bonds is 2. The van der Waals surface area contributed by atoms with E-state index in [0.29, 0.717) is 11.3 Å². The molecule has 1 nitrogen and oxygen atoms in total. The smallest absolute Gasteiger partial charge is 0.0178 e. The van der Waals surface area contributed by atoms with E-state index in [1.807, 2.05) is 0 Å². The van der Waals surface area contributed by atoms with Crippen LogP contribution in [0.1, 0.15) is 37.7 Å². The lowest BCUT2D eigenvalue weighted by Gasteiger charge is -2.43. The van der Waals surface area contributed by atoms with Crippen LogP contribution in [-0.2, 0) is 0 Å². The fourth-order valence-electron chi connectivity index (χ4n) is 3.46. The Bertz CT molecular complexity index is 413. The zero-order valence-corrected chi connectivity index (χ0v) is 12.0. The van der Waals surface area contributed by atoms with Crippen molar-refractivity contribution < 1.29 is 0 Å². The lowest BCUT2D eigenvalue weighted by Crippen LogP contribution is -2.43. The van der Waals surface area contributed by atoms with Crippen molar-refractivity contribution in [1.29, 1.82) is 0 Å². The highest BCUT2D eigenvalue weighted by molar-refractivity contribution is 9.10. The number of benzene rings is 1. The molecule has 1 aliphatic heterocycles. The second-order valence-electron chi connectivity index (χ2n) is 5.84. The van der Waals surface area contributed by atoms with Crippen LogP contribution in [0.15, 0.2) is 28.7 Å². The SMILES string of the molecule is CC1(C2CC2)CCNCC1c1cccc(Br)c1. The Morgan fingerprint density at radius 2 is 2.18 bits per heavy atom. The normalized spacial score (nSPS) is 33.6. The molecule has 0 aromatic heterocycles. The number of piperidine rings is 1. The van der Waals surface area contributed by atoms with E-state index in [-0.39, 0.29) is 0 Å². The van der Waals surface area contributed by atoms with E-state index >= 15 is 0 Å². The van der Waals surface area contributed by atoms with Crippen molar-refractivity contribution >= 4 is 15.9 Å². The molecule has 0 bridgehead atoms. The van der Waals surface area contributed by atoms with Gasteiger partial charge in [0.15, 0.2) is 0 Å². The third-order valence-electron chi connectivity index (χ3n) is 4.75. The molecule has 1 aromatic carbocycles. The fourth-order valence-corrected chi connectivity index (χ4v) is 3.88. The maximum Gasteiger partial charge on any atom is 0.0178 e. The van der Waals surface area contributed by atoms with Crippen LogP contribution in [0.5, 0.6) is 0 Å². The van der Waals surface area contributed by atoms with E-state index < -0.39 is 0 Å². The Balaban J connectivity index is 1.93. The molecule has 1 N–H and O–H groups in total. The van der Waals surface area contributed by atoms with Gasteiger partial charge in [0.2, 0.25) is 0 Å². The first-order valence-corrected chi connectivity index (χ1v) is 7.45. The number of halogens is 1. The van der Waals surface area contributed by atoms with Crippen LogP contribution in [0.4, 0.5) is 0 Å². The molecular weight excluding hydrogens is 274 g/mol. The summed E-state index contributed by atoms with van der Waals surface area (Å²) >= 11 is 3.60. The standard InChI is InChI=1S/C15H20BrN/c1-15(12-5-6-12)7-8-17-10-14(15)11-3-2-4-13(16)9-11/h2-4,9,12,14,17H,5-8,10H2,1H3. The fraction of sp³-hybridized carbons (Fsp3) is 0.600. The Kier molecular flexibility index (Phi) is 3.04. The second-order valence-corrected chi connectivity index (χ2v) is 6.76. The van der Waals surface area contributed by atoms with Crippen molar-refractivity contribution in [3.63, 3.8) is 0 Å². The molecule has 17 heavy (non-hydrogen) atoms. The van der Waals surface area contributed by atoms with Crippen LogP contribution in [0.3, 0.4) is 0 Å². The zero-order valence-electron chi connectivity index (χ0n) is 10.4. The van der Waals surface area contributed by atoms with Crippen LogP contribution < -0.4 is 5.32 Å². The molecule has 1 aliphatic carbocycles. The van der Waals surface area contributed by atoms with Gasteiger partial charge in [-0.15, -0.1) is 0 Å². The molecule has 2 unspecified atom stereocenters. The van der Waals surface area contributed by atoms with Gasteiger partial charge in [0.25, 0.3) is 0 Å². The predicted octanol–water partition coefficient (Wildman–Crippen LogP) is 3.94. The van der Waals surface area contributed by atoms with Gasteiger partial charge in [-0.2, -0.15) is 0 Å². The second kappa shape index (κ2) is 4.40. The molecular formula is C15H20BrN. The summed E-state index contributed by atoms with van der Waals surface area (Å²) < 4.78 is 1.21. The molecule has 2 fully saturated rings. The number of hydrogen-bond donors (Lipinski definition) is 1. The average molecular weight is 294 g/mol. The van der Waals surface area contributed by atoms with E-state index in [4.69, 9.17) is 0 Å². The van der Waals surface area contributed by atoms with Gasteiger partial charge in [-0.1, -0.05) is 35.0 Å². The Morgan fingerprint density at radius 3 is 2.88 bits per heavy atom. The van der Waals surface area contributed by atoms with E-state index in [9.17, 15) is 0 Å². The van der Waals surface area contributed by atoms with Crippen LogP contribution in [0.2, 0.25) is 0 Å². The molecule has 92 valence electrons. The van der Waals surface area contributed by atoms with Crippen LogP contribution in [0.25, 0.3) is 0 Å². The lowest BCUT2D eigenvalue weighted by atomic mass is 9.66. The van der Waals surface area contributed by atoms with Crippen molar-refractivity contribution in [3.8, 4) is 0 Å². The summed E-state index contributed by atoms with van der Waals surface area (Å²) in [5.74, 6) is 1.65. The summed E-state index contributed by atoms with van der Waals surface area (Å²) in [5, 5.41) is 3.58. The van der Waals surface area contributed by atoms with Crippen LogP contribution >= 0.6 is 15.9 Å². The summed E-state index contributed by atoms with van der Waals surface area (Å²) in [7, 11) is 0. The van der Waals surface area contributed by atoms with Gasteiger partial charge in [-0.25, -0.2) is 0 Å². The minimum Gasteiger partial charge on any atom is -0.316 e. The van der Waals surface area contributed by atoms with E-state index in [1.54, 1.807) is 0 Å². The number of hydrogen-bond acceptors (Lipinski definition) is 1. The third kappa shape index (κ3) is 2.17. The molecule has 2 aliphatic rings. The van der Waals surface area contributed by atoms with Crippen molar-refractivity contribution in [1.82, 2.24) is 5.32 Å². The summed E-state index contributed by atoms with van der Waals surface area (Å²) in [6, 6.07) is 8.89. The van der Waals surface area contributed by atoms with Crippen molar-refractivity contribution in [2.45, 2.75) is 32.1 Å². The van der Waals surface area contributed by atoms with Gasteiger partial charge in [0.05, 0.1) is 0 Å². The van der Waals surface area contributed by atoms with Crippen LogP contribution in [-0.4, -0.2) is 13.1 Å². The molecule has 2 heteroatoms. The zero-order chi connectivity index (χ0) is 11.9. The summed E-state index contributed by atoms with van der Waals surface area (Å²) in [6.07, 6.45) is 4.22. The first-order valence-electron chi connectivity index (χ1n) is 6.66. The molecule has 0 spiro atoms. The van der Waals surface area contributed by atoms with Crippen molar-refractivity contribution in [2.75, 3.05) is 13.1 Å². The van der Waals surface area contributed by atoms with Gasteiger partial charge in [0.1, 0.15) is 0 Å². The van der Waals surface area contributed by atoms with Crippen LogP contribution in [0, 0.1) is 11.3 Å². The summed E-state index contributed by atoms with van der Waals surface area (Å²) in [5.41, 5.74) is 2.02. The molecule has 3 rings (SSSR count). The molecule has 1 heterocycles. The first kappa shape index (κ1) is 11.7. The molecule has 1 saturated carbocycles. The number of nitrogens with one attached hydrogen (secondary N) is 1. The lowest BCUT2D eigenvalue weighted by molar-refractivity contribution is 0.154. The Morgan fingerprint density at radius 1 is 1.35 bits per heavy atom. The average Bonchev–Trinajstić information content (AvgIpc) is 3.13. The largest absolute Gasteiger partial charge is 0.316 e. The highest BCUT2D eigenvalue weighted by Crippen LogP contribution is 2.55. The van der Waals surface area contributed by atoms with Gasteiger partial charge < -0.3 is 5.32 Å². The molecule has 2 atom stereocenters. The highest BCUT2D eigenvalue weighted by Gasteiger charge is 2.48. The maximum atomic E-state index is 3.60. The summed E-state index contributed by atoms with van der Waals surface area (Å²) in [6.45, 7) is 4.85. The maximum absolute atomic E-state index is 3.60. The van der Waals surface area contributed by atoms with Gasteiger partial charge >= 0.3 is 0 Å². The minimum absolute atomic E-state index is 0.520. The van der Waals surface area contributed by atoms with Gasteiger partial charge in [-0.05, 0) is 54.8 Å². The minimum atomic E-state index is 0.520. The topological polar surface area (TPSA) is 12.0 Å². The molecule has 0 radical (unpaired) electrons. The van der Waals surface area contributed by atoms with E-state index in [1.165, 1.54) is 35.8 Å². The third-order valence-corrected chi connectivity index (χ3v) is 5.24. The Labute approximate surface area is 112 Å². The van der Waals surface area contributed by atoms with E-state index in [2.05, 4.69) is 52.4 Å². The van der Waals surface area contributed by atoms with Gasteiger partial charge in [0, 0.05) is 16.9 Å². The van der Waals surface area contributed by atoms with E-state index in [0.717, 1.165) is 12.5 Å². The first-order chi connectivity index (χ1) is 8.20. The van der Waals surface area contributed by atoms with Gasteiger partial charge in [-0.3, -0.25) is 0 Å². The summed E-state index contributed by atoms with van der Waals surface area (Å²) in [4.78, 5) is 0. The molecule has 1 aromatic rings. The molecule has 0 amide bonds. The van der Waals surface area contributed by atoms with Crippen molar-refractivity contribution in [2.24, 2.45) is 11.3 Å². The highest BCUT2D eigenvalue weighted by atomic mass is 79.9. The predicted molar refractivity (Wildman–Crippen MR) is 75.2 cm³/mol. The Hall–Kier alpha value is -0.340. The monoisotopic (exact) mass is 293 g/mol. The molecule has 1 saturated heterocycles. The van der Waals surface area contributed by atoms with Crippen molar-refractivity contribution in [3.05, 3.63) is 34.3 Å². The quantitative estimate of drug-likeness (QED) is 0.871.